The third-order valence-electron chi connectivity index (χ3n) is 2.07. The number of ether oxygens (including phenoxy) is 1. The second-order valence-corrected chi connectivity index (χ2v) is 5.28. The summed E-state index contributed by atoms with van der Waals surface area (Å²) in [7, 11) is 0. The summed E-state index contributed by atoms with van der Waals surface area (Å²) in [6.07, 6.45) is 0.0814. The van der Waals surface area contributed by atoms with Gasteiger partial charge in [-0.2, -0.15) is 0 Å². The zero-order chi connectivity index (χ0) is 10.6. The van der Waals surface area contributed by atoms with E-state index < -0.39 is 11.2 Å². The van der Waals surface area contributed by atoms with Crippen molar-refractivity contribution in [1.82, 2.24) is 4.90 Å². The summed E-state index contributed by atoms with van der Waals surface area (Å²) in [6, 6.07) is 0. The quantitative estimate of drug-likeness (QED) is 0.628. The molecule has 0 bridgehead atoms. The van der Waals surface area contributed by atoms with E-state index in [1.165, 1.54) is 0 Å². The molecule has 0 spiro atoms. The summed E-state index contributed by atoms with van der Waals surface area (Å²) in [6.45, 7) is 5.15. The highest BCUT2D eigenvalue weighted by Crippen LogP contribution is 2.04. The molecule has 0 radical (unpaired) electrons. The van der Waals surface area contributed by atoms with Crippen LogP contribution in [-0.4, -0.2) is 52.7 Å². The fourth-order valence-electron chi connectivity index (χ4n) is 1.22. The van der Waals surface area contributed by atoms with Crippen molar-refractivity contribution in [2.24, 2.45) is 0 Å². The maximum atomic E-state index is 11.5. The van der Waals surface area contributed by atoms with E-state index in [9.17, 15) is 9.35 Å². The van der Waals surface area contributed by atoms with Crippen LogP contribution in [0.5, 0.6) is 0 Å². The molecule has 1 aliphatic rings. The molecule has 14 heavy (non-hydrogen) atoms. The van der Waals surface area contributed by atoms with E-state index in [2.05, 4.69) is 0 Å². The van der Waals surface area contributed by atoms with Crippen LogP contribution in [0.25, 0.3) is 0 Å². The highest BCUT2D eigenvalue weighted by molar-refractivity contribution is 7.91. The molecular weight excluding hydrogens is 202 g/mol. The van der Waals surface area contributed by atoms with Crippen molar-refractivity contribution in [3.05, 3.63) is 0 Å². The largest absolute Gasteiger partial charge is 0.616 e. The van der Waals surface area contributed by atoms with E-state index in [0.717, 1.165) is 0 Å². The van der Waals surface area contributed by atoms with Gasteiger partial charge in [0.25, 0.3) is 0 Å². The third kappa shape index (κ3) is 3.86. The molecule has 0 unspecified atom stereocenters. The van der Waals surface area contributed by atoms with E-state index in [-0.39, 0.29) is 18.6 Å². The molecule has 0 atom stereocenters. The van der Waals surface area contributed by atoms with Gasteiger partial charge in [-0.25, -0.2) is 0 Å². The Kier molecular flexibility index (Phi) is 4.71. The Labute approximate surface area is 87.8 Å². The van der Waals surface area contributed by atoms with Gasteiger partial charge in [-0.15, -0.1) is 0 Å². The predicted octanol–water partition coefficient (Wildman–Crippen LogP) is 0.00230. The monoisotopic (exact) mass is 219 g/mol. The highest BCUT2D eigenvalue weighted by atomic mass is 32.2. The van der Waals surface area contributed by atoms with Gasteiger partial charge in [-0.1, -0.05) is 11.2 Å². The van der Waals surface area contributed by atoms with Crippen molar-refractivity contribution in [3.8, 4) is 0 Å². The van der Waals surface area contributed by atoms with Crippen LogP contribution in [0.2, 0.25) is 0 Å². The standard InChI is InChI=1S/C9H17NO3S/c1-8(2)13-7-9(11)10-3-5-14(12)6-4-10/h8H,3-7H2,1-2H3. The molecule has 82 valence electrons. The summed E-state index contributed by atoms with van der Waals surface area (Å²) in [5.41, 5.74) is 0. The van der Waals surface area contributed by atoms with Crippen molar-refractivity contribution in [1.29, 1.82) is 0 Å². The summed E-state index contributed by atoms with van der Waals surface area (Å²) in [4.78, 5) is 13.2. The molecule has 0 aromatic heterocycles. The van der Waals surface area contributed by atoms with Gasteiger partial charge in [0.2, 0.25) is 5.91 Å². The minimum atomic E-state index is -0.725. The Bertz CT molecular complexity index is 190. The average Bonchev–Trinajstić information content (AvgIpc) is 2.15. The lowest BCUT2D eigenvalue weighted by Crippen LogP contribution is -2.45. The van der Waals surface area contributed by atoms with Crippen LogP contribution in [0.3, 0.4) is 0 Å². The topological polar surface area (TPSA) is 52.6 Å². The first-order chi connectivity index (χ1) is 6.59. The number of amides is 1. The first-order valence-corrected chi connectivity index (χ1v) is 6.32. The maximum absolute atomic E-state index is 11.5. The number of carbonyl (C=O) groups excluding carboxylic acids is 1. The molecule has 5 heteroatoms. The van der Waals surface area contributed by atoms with Crippen LogP contribution < -0.4 is 0 Å². The van der Waals surface area contributed by atoms with E-state index in [0.29, 0.717) is 24.6 Å². The Morgan fingerprint density at radius 1 is 1.50 bits per heavy atom. The summed E-state index contributed by atoms with van der Waals surface area (Å²) >= 11 is -0.725. The molecule has 1 heterocycles. The Morgan fingerprint density at radius 3 is 2.57 bits per heavy atom. The first-order valence-electron chi connectivity index (χ1n) is 4.84. The Balaban J connectivity index is 2.24. The highest BCUT2D eigenvalue weighted by Gasteiger charge is 2.23. The van der Waals surface area contributed by atoms with E-state index >= 15 is 0 Å². The molecule has 0 aliphatic carbocycles. The van der Waals surface area contributed by atoms with Gasteiger partial charge >= 0.3 is 0 Å². The first kappa shape index (κ1) is 11.8. The van der Waals surface area contributed by atoms with Crippen LogP contribution >= 0.6 is 0 Å². The molecule has 0 aromatic carbocycles. The van der Waals surface area contributed by atoms with Gasteiger partial charge in [0.15, 0.2) is 0 Å². The van der Waals surface area contributed by atoms with Gasteiger partial charge in [-0.05, 0) is 13.8 Å². The molecule has 1 saturated heterocycles. The minimum Gasteiger partial charge on any atom is -0.616 e. The maximum Gasteiger partial charge on any atom is 0.248 e. The summed E-state index contributed by atoms with van der Waals surface area (Å²) in [5, 5.41) is 0. The second-order valence-electron chi connectivity index (χ2n) is 3.59. The fourth-order valence-corrected chi connectivity index (χ4v) is 2.27. The van der Waals surface area contributed by atoms with Gasteiger partial charge < -0.3 is 14.2 Å². The van der Waals surface area contributed by atoms with Crippen molar-refractivity contribution < 1.29 is 14.1 Å². The predicted molar refractivity (Wildman–Crippen MR) is 55.5 cm³/mol. The third-order valence-corrected chi connectivity index (χ3v) is 3.35. The SMILES string of the molecule is CC(C)OCC(=O)N1CC[S+]([O-])CC1. The second kappa shape index (κ2) is 5.58. The van der Waals surface area contributed by atoms with Gasteiger partial charge in [0.1, 0.15) is 18.1 Å². The average molecular weight is 219 g/mol. The lowest BCUT2D eigenvalue weighted by molar-refractivity contribution is -0.137. The lowest BCUT2D eigenvalue weighted by atomic mass is 10.4. The molecule has 1 fully saturated rings. The molecule has 0 aromatic rings. The van der Waals surface area contributed by atoms with Crippen LogP contribution in [0, 0.1) is 0 Å². The number of carbonyl (C=O) groups is 1. The van der Waals surface area contributed by atoms with Crippen LogP contribution in [-0.2, 0) is 20.7 Å². The summed E-state index contributed by atoms with van der Waals surface area (Å²) in [5.74, 6) is 1.22. The molecule has 4 nitrogen and oxygen atoms in total. The van der Waals surface area contributed by atoms with Crippen molar-refractivity contribution in [2.75, 3.05) is 31.2 Å². The van der Waals surface area contributed by atoms with Crippen molar-refractivity contribution in [3.63, 3.8) is 0 Å². The zero-order valence-corrected chi connectivity index (χ0v) is 9.51. The Morgan fingerprint density at radius 2 is 2.07 bits per heavy atom. The van der Waals surface area contributed by atoms with Crippen LogP contribution in [0.15, 0.2) is 0 Å². The number of hydrogen-bond acceptors (Lipinski definition) is 3. The van der Waals surface area contributed by atoms with E-state index in [1.807, 2.05) is 13.8 Å². The fraction of sp³-hybridized carbons (Fsp3) is 0.889. The van der Waals surface area contributed by atoms with Crippen LogP contribution in [0.4, 0.5) is 0 Å². The molecular formula is C9H17NO3S. The molecule has 1 rings (SSSR count). The summed E-state index contributed by atoms with van der Waals surface area (Å²) < 4.78 is 16.3. The van der Waals surface area contributed by atoms with Crippen molar-refractivity contribution >= 4 is 17.1 Å². The lowest BCUT2D eigenvalue weighted by Gasteiger charge is -2.28. The van der Waals surface area contributed by atoms with Gasteiger partial charge in [0.05, 0.1) is 19.2 Å². The molecule has 1 aliphatic heterocycles. The van der Waals surface area contributed by atoms with Gasteiger partial charge in [0, 0.05) is 0 Å². The van der Waals surface area contributed by atoms with E-state index in [1.54, 1.807) is 4.90 Å². The number of nitrogens with zero attached hydrogens (tertiary/aromatic N) is 1. The Hall–Kier alpha value is -0.260. The van der Waals surface area contributed by atoms with Gasteiger partial charge in [-0.3, -0.25) is 4.79 Å². The number of rotatable bonds is 3. The smallest absolute Gasteiger partial charge is 0.248 e. The minimum absolute atomic E-state index is 0.00963. The van der Waals surface area contributed by atoms with Crippen molar-refractivity contribution in [2.45, 2.75) is 20.0 Å². The van der Waals surface area contributed by atoms with E-state index in [4.69, 9.17) is 4.74 Å². The van der Waals surface area contributed by atoms with Crippen LogP contribution in [0.1, 0.15) is 13.8 Å². The molecule has 1 amide bonds. The number of hydrogen-bond donors (Lipinski definition) is 0. The molecule has 0 saturated carbocycles. The molecule has 0 N–H and O–H groups in total. The zero-order valence-electron chi connectivity index (χ0n) is 8.69. The normalized spacial score (nSPS) is 19.0.